The van der Waals surface area contributed by atoms with Crippen molar-refractivity contribution in [3.63, 3.8) is 0 Å². The molecule has 1 aromatic rings. The Morgan fingerprint density at radius 2 is 2.20 bits per heavy atom. The average Bonchev–Trinajstić information content (AvgIpc) is 2.13. The summed E-state index contributed by atoms with van der Waals surface area (Å²) in [6, 6.07) is 4.78. The summed E-state index contributed by atoms with van der Waals surface area (Å²) in [7, 11) is 0. The van der Waals surface area contributed by atoms with Crippen LogP contribution in [0.4, 0.5) is 4.39 Å². The first-order chi connectivity index (χ1) is 7.07. The fraction of sp³-hybridized carbons (Fsp3) is 0.500. The van der Waals surface area contributed by atoms with Crippen molar-refractivity contribution >= 4 is 0 Å². The molecule has 1 aliphatic carbocycles. The third-order valence-electron chi connectivity index (χ3n) is 3.40. The van der Waals surface area contributed by atoms with Crippen molar-refractivity contribution < 1.29 is 9.50 Å². The first kappa shape index (κ1) is 10.6. The summed E-state index contributed by atoms with van der Waals surface area (Å²) < 4.78 is 13.0. The molecule has 1 aliphatic rings. The molecule has 0 amide bonds. The highest BCUT2D eigenvalue weighted by atomic mass is 19.1. The monoisotopic (exact) mass is 209 g/mol. The molecule has 15 heavy (non-hydrogen) atoms. The van der Waals surface area contributed by atoms with Crippen LogP contribution in [0.3, 0.4) is 0 Å². The van der Waals surface area contributed by atoms with Gasteiger partial charge in [0.05, 0.1) is 6.10 Å². The number of aliphatic hydroxyl groups is 1. The second kappa shape index (κ2) is 3.58. The molecular weight excluding hydrogens is 193 g/mol. The molecule has 0 saturated heterocycles. The van der Waals surface area contributed by atoms with Crippen LogP contribution in [0.2, 0.25) is 0 Å². The highest BCUT2D eigenvalue weighted by Gasteiger charge is 2.44. The number of benzene rings is 1. The Bertz CT molecular complexity index is 372. The van der Waals surface area contributed by atoms with E-state index < -0.39 is 0 Å². The Morgan fingerprint density at radius 3 is 2.67 bits per heavy atom. The molecule has 0 aromatic heterocycles. The number of rotatable bonds is 2. The second-order valence-electron chi connectivity index (χ2n) is 4.51. The third-order valence-corrected chi connectivity index (χ3v) is 3.40. The van der Waals surface area contributed by atoms with Gasteiger partial charge in [0, 0.05) is 12.0 Å². The number of aliphatic hydroxyl groups excluding tert-OH is 1. The van der Waals surface area contributed by atoms with E-state index in [1.165, 1.54) is 12.1 Å². The largest absolute Gasteiger partial charge is 0.393 e. The van der Waals surface area contributed by atoms with Gasteiger partial charge < -0.3 is 10.8 Å². The molecule has 3 N–H and O–H groups in total. The van der Waals surface area contributed by atoms with Crippen molar-refractivity contribution in [1.82, 2.24) is 0 Å². The molecule has 0 atom stereocenters. The summed E-state index contributed by atoms with van der Waals surface area (Å²) in [5.41, 5.74) is 7.64. The minimum absolute atomic E-state index is 0.128. The number of hydrogen-bond acceptors (Lipinski definition) is 2. The standard InChI is InChI=1S/C12H16FNO/c1-8-4-9(13)2-3-11(8)12(7-14)5-10(15)6-12/h2-4,10,15H,5-7,14H2,1H3. The summed E-state index contributed by atoms with van der Waals surface area (Å²) in [6.07, 6.45) is 1.13. The maximum Gasteiger partial charge on any atom is 0.123 e. The van der Waals surface area contributed by atoms with E-state index in [9.17, 15) is 9.50 Å². The van der Waals surface area contributed by atoms with Crippen LogP contribution in [0.15, 0.2) is 18.2 Å². The lowest BCUT2D eigenvalue weighted by molar-refractivity contribution is 0.0218. The number of aryl methyl sites for hydroxylation is 1. The van der Waals surface area contributed by atoms with Gasteiger partial charge in [-0.1, -0.05) is 6.07 Å². The molecule has 0 heterocycles. The molecule has 0 spiro atoms. The highest BCUT2D eigenvalue weighted by molar-refractivity contribution is 5.37. The van der Waals surface area contributed by atoms with Crippen molar-refractivity contribution in [2.75, 3.05) is 6.54 Å². The molecule has 3 heteroatoms. The van der Waals surface area contributed by atoms with Crippen molar-refractivity contribution in [3.8, 4) is 0 Å². The highest BCUT2D eigenvalue weighted by Crippen LogP contribution is 2.44. The topological polar surface area (TPSA) is 46.2 Å². The number of nitrogens with two attached hydrogens (primary N) is 1. The maximum absolute atomic E-state index is 13.0. The second-order valence-corrected chi connectivity index (χ2v) is 4.51. The van der Waals surface area contributed by atoms with E-state index in [0.29, 0.717) is 19.4 Å². The van der Waals surface area contributed by atoms with Gasteiger partial charge in [0.25, 0.3) is 0 Å². The maximum atomic E-state index is 13.0. The van der Waals surface area contributed by atoms with Gasteiger partial charge >= 0.3 is 0 Å². The van der Waals surface area contributed by atoms with E-state index in [1.54, 1.807) is 6.07 Å². The van der Waals surface area contributed by atoms with Gasteiger partial charge in [-0.2, -0.15) is 0 Å². The number of hydrogen-bond donors (Lipinski definition) is 2. The van der Waals surface area contributed by atoms with Crippen LogP contribution >= 0.6 is 0 Å². The van der Waals surface area contributed by atoms with Crippen molar-refractivity contribution in [3.05, 3.63) is 35.1 Å². The van der Waals surface area contributed by atoms with Gasteiger partial charge in [-0.15, -0.1) is 0 Å². The first-order valence-corrected chi connectivity index (χ1v) is 5.22. The minimum atomic E-state index is -0.252. The third kappa shape index (κ3) is 1.66. The molecule has 0 aliphatic heterocycles. The van der Waals surface area contributed by atoms with Gasteiger partial charge in [0.2, 0.25) is 0 Å². The molecule has 1 aromatic carbocycles. The zero-order chi connectivity index (χ0) is 11.1. The van der Waals surface area contributed by atoms with E-state index in [1.807, 2.05) is 6.92 Å². The average molecular weight is 209 g/mol. The van der Waals surface area contributed by atoms with Gasteiger partial charge in [-0.25, -0.2) is 4.39 Å². The summed E-state index contributed by atoms with van der Waals surface area (Å²) >= 11 is 0. The molecule has 0 bridgehead atoms. The molecule has 2 nitrogen and oxygen atoms in total. The lowest BCUT2D eigenvalue weighted by Gasteiger charge is -2.46. The Labute approximate surface area is 88.9 Å². The summed E-state index contributed by atoms with van der Waals surface area (Å²) in [4.78, 5) is 0. The molecule has 0 unspecified atom stereocenters. The Hall–Kier alpha value is -0.930. The number of halogens is 1. The van der Waals surface area contributed by atoms with E-state index in [0.717, 1.165) is 11.1 Å². The molecule has 0 radical (unpaired) electrons. The zero-order valence-electron chi connectivity index (χ0n) is 8.83. The van der Waals surface area contributed by atoms with E-state index >= 15 is 0 Å². The van der Waals surface area contributed by atoms with Crippen molar-refractivity contribution in [2.45, 2.75) is 31.3 Å². The predicted octanol–water partition coefficient (Wildman–Crippen LogP) is 1.49. The molecule has 2 rings (SSSR count). The molecule has 1 saturated carbocycles. The van der Waals surface area contributed by atoms with Crippen molar-refractivity contribution in [1.29, 1.82) is 0 Å². The van der Waals surface area contributed by atoms with Gasteiger partial charge in [0.1, 0.15) is 5.82 Å². The first-order valence-electron chi connectivity index (χ1n) is 5.22. The van der Waals surface area contributed by atoms with Crippen LogP contribution < -0.4 is 5.73 Å². The van der Waals surface area contributed by atoms with Crippen LogP contribution in [0.5, 0.6) is 0 Å². The molecule has 1 fully saturated rings. The minimum Gasteiger partial charge on any atom is -0.393 e. The van der Waals surface area contributed by atoms with Crippen LogP contribution in [0.1, 0.15) is 24.0 Å². The Balaban J connectivity index is 2.36. The fourth-order valence-corrected chi connectivity index (χ4v) is 2.56. The van der Waals surface area contributed by atoms with Crippen molar-refractivity contribution in [2.24, 2.45) is 5.73 Å². The molecule has 82 valence electrons. The van der Waals surface area contributed by atoms with Gasteiger partial charge in [-0.05, 0) is 43.0 Å². The Kier molecular flexibility index (Phi) is 2.52. The Morgan fingerprint density at radius 1 is 1.53 bits per heavy atom. The lowest BCUT2D eigenvalue weighted by atomic mass is 9.62. The normalized spacial score (nSPS) is 30.0. The SMILES string of the molecule is Cc1cc(F)ccc1C1(CN)CC(O)C1. The predicted molar refractivity (Wildman–Crippen MR) is 57.1 cm³/mol. The summed E-state index contributed by atoms with van der Waals surface area (Å²) in [5.74, 6) is -0.219. The van der Waals surface area contributed by atoms with Gasteiger partial charge in [0.15, 0.2) is 0 Å². The van der Waals surface area contributed by atoms with Crippen LogP contribution in [0, 0.1) is 12.7 Å². The smallest absolute Gasteiger partial charge is 0.123 e. The quantitative estimate of drug-likeness (QED) is 0.775. The van der Waals surface area contributed by atoms with E-state index in [-0.39, 0.29) is 17.3 Å². The van der Waals surface area contributed by atoms with Crippen LogP contribution in [-0.2, 0) is 5.41 Å². The summed E-state index contributed by atoms with van der Waals surface area (Å²) in [5, 5.41) is 9.39. The van der Waals surface area contributed by atoms with E-state index in [2.05, 4.69) is 0 Å². The van der Waals surface area contributed by atoms with Gasteiger partial charge in [-0.3, -0.25) is 0 Å². The summed E-state index contributed by atoms with van der Waals surface area (Å²) in [6.45, 7) is 2.40. The molecular formula is C12H16FNO. The lowest BCUT2D eigenvalue weighted by Crippen LogP contribution is -2.50. The fourth-order valence-electron chi connectivity index (χ4n) is 2.56. The zero-order valence-corrected chi connectivity index (χ0v) is 8.83. The van der Waals surface area contributed by atoms with Crippen LogP contribution in [0.25, 0.3) is 0 Å². The van der Waals surface area contributed by atoms with Crippen LogP contribution in [-0.4, -0.2) is 17.8 Å². The van der Waals surface area contributed by atoms with E-state index in [4.69, 9.17) is 5.73 Å².